The van der Waals surface area contributed by atoms with Crippen molar-refractivity contribution in [2.45, 2.75) is 67.7 Å². The number of sulfone groups is 1. The monoisotopic (exact) mass is 864 g/mol. The van der Waals surface area contributed by atoms with Gasteiger partial charge in [0.05, 0.1) is 32.0 Å². The number of furan rings is 1. The standard InChI is InChI=1S/C38H38Cl2N2O11S3/c1-55(47,48)28-7-4-5-23(17-28)18-31(38(46)53-22-52-33(43)8-3-2-6-27-13-16-54-56(27,49)50)41-36(44)34-30(39)19-26-21-42(14-11-29(26)35(34)40)37(45)25-10-9-24-12-15-51-32(24)20-25/h4-5,7,9-10,12,15,17,19-20,27,31H,2-3,6,8,11,13-14,16,18,21-22H2,1H3,(H,41,44)/t27-,31?/m1/s1. The molecule has 13 nitrogen and oxygen atoms in total. The molecule has 2 aliphatic heterocycles. The number of hydrogen-bond donors (Lipinski definition) is 1. The molecule has 0 aliphatic carbocycles. The molecular weight excluding hydrogens is 828 g/mol. The highest BCUT2D eigenvalue weighted by Gasteiger charge is 2.32. The molecule has 3 aromatic carbocycles. The summed E-state index contributed by atoms with van der Waals surface area (Å²) < 4.78 is 64.2. The Labute approximate surface area is 337 Å². The van der Waals surface area contributed by atoms with E-state index in [1.165, 1.54) is 18.2 Å². The molecule has 1 fully saturated rings. The summed E-state index contributed by atoms with van der Waals surface area (Å²) in [6, 6.07) is 13.0. The van der Waals surface area contributed by atoms with Crippen LogP contribution in [0.4, 0.5) is 0 Å². The highest BCUT2D eigenvalue weighted by atomic mass is 35.5. The van der Waals surface area contributed by atoms with Crippen molar-refractivity contribution in [3.8, 4) is 0 Å². The van der Waals surface area contributed by atoms with Crippen molar-refractivity contribution in [1.82, 2.24) is 10.2 Å². The number of esters is 2. The molecule has 0 saturated carbocycles. The molecule has 1 N–H and O–H groups in total. The summed E-state index contributed by atoms with van der Waals surface area (Å²) in [5.41, 5.74) is 2.58. The molecule has 0 bridgehead atoms. The quantitative estimate of drug-likeness (QED) is 0.0664. The molecule has 0 spiro atoms. The van der Waals surface area contributed by atoms with E-state index in [9.17, 15) is 36.0 Å². The fraction of sp³-hybridized carbons (Fsp3) is 0.368. The molecule has 0 radical (unpaired) electrons. The first kappa shape index (κ1) is 41.5. The summed E-state index contributed by atoms with van der Waals surface area (Å²) >= 11 is 13.4. The number of nitrogens with one attached hydrogen (secondary N) is 1. The Kier molecular flexibility index (Phi) is 13.0. The Morgan fingerprint density at radius 3 is 2.61 bits per heavy atom. The Bertz CT molecular complexity index is 2400. The Morgan fingerprint density at radius 1 is 1.05 bits per heavy atom. The molecule has 2 amide bonds. The average molecular weight is 866 g/mol. The van der Waals surface area contributed by atoms with Crippen LogP contribution in [-0.2, 0) is 57.2 Å². The van der Waals surface area contributed by atoms with Gasteiger partial charge in [0, 0.05) is 48.9 Å². The number of halogens is 2. The third-order valence-corrected chi connectivity index (χ3v) is 15.8. The van der Waals surface area contributed by atoms with Crippen molar-refractivity contribution in [1.29, 1.82) is 0 Å². The first-order valence-electron chi connectivity index (χ1n) is 17.7. The molecule has 2 atom stereocenters. The van der Waals surface area contributed by atoms with Crippen molar-refractivity contribution in [2.24, 2.45) is 0 Å². The van der Waals surface area contributed by atoms with Crippen LogP contribution in [0.3, 0.4) is 0 Å². The lowest BCUT2D eigenvalue weighted by molar-refractivity contribution is -0.168. The van der Waals surface area contributed by atoms with E-state index in [1.54, 1.807) is 47.6 Å². The molecule has 56 heavy (non-hydrogen) atoms. The fourth-order valence-corrected chi connectivity index (χ4v) is 12.1. The summed E-state index contributed by atoms with van der Waals surface area (Å²) in [7, 11) is -5.80. The van der Waals surface area contributed by atoms with Gasteiger partial charge >= 0.3 is 11.9 Å². The molecule has 298 valence electrons. The van der Waals surface area contributed by atoms with E-state index in [2.05, 4.69) is 5.32 Å². The second kappa shape index (κ2) is 17.6. The largest absolute Gasteiger partial charge is 0.464 e. The van der Waals surface area contributed by atoms with E-state index >= 15 is 0 Å². The summed E-state index contributed by atoms with van der Waals surface area (Å²) in [5.74, 6) is -2.10. The van der Waals surface area contributed by atoms with Gasteiger partial charge in [-0.15, -0.1) is 0 Å². The molecule has 2 aliphatic rings. The maximum absolute atomic E-state index is 13.8. The van der Waals surface area contributed by atoms with Crippen LogP contribution in [0.2, 0.25) is 10.0 Å². The number of unbranched alkanes of at least 4 members (excludes halogenated alkanes) is 1. The van der Waals surface area contributed by atoms with Crippen LogP contribution in [0.1, 0.15) is 69.5 Å². The zero-order valence-electron chi connectivity index (χ0n) is 30.1. The minimum Gasteiger partial charge on any atom is -0.464 e. The normalized spacial score (nSPS) is 16.9. The smallest absolute Gasteiger partial charge is 0.331 e. The zero-order valence-corrected chi connectivity index (χ0v) is 34.1. The maximum Gasteiger partial charge on any atom is 0.331 e. The van der Waals surface area contributed by atoms with Gasteiger partial charge in [0.25, 0.3) is 11.8 Å². The summed E-state index contributed by atoms with van der Waals surface area (Å²) in [4.78, 5) is 54.6. The van der Waals surface area contributed by atoms with Crippen LogP contribution in [0.15, 0.2) is 70.2 Å². The third-order valence-electron chi connectivity index (χ3n) is 9.65. The highest BCUT2D eigenvalue weighted by Crippen LogP contribution is 2.36. The van der Waals surface area contributed by atoms with Crippen molar-refractivity contribution >= 4 is 87.4 Å². The van der Waals surface area contributed by atoms with E-state index in [4.69, 9.17) is 37.1 Å². The van der Waals surface area contributed by atoms with Crippen molar-refractivity contribution in [2.75, 3.05) is 25.3 Å². The van der Waals surface area contributed by atoms with Crippen LogP contribution in [-0.4, -0.2) is 82.1 Å². The van der Waals surface area contributed by atoms with Crippen LogP contribution in [0.25, 0.3) is 11.0 Å². The lowest BCUT2D eigenvalue weighted by Crippen LogP contribution is -2.44. The lowest BCUT2D eigenvalue weighted by Gasteiger charge is -2.30. The maximum atomic E-state index is 13.8. The second-order valence-electron chi connectivity index (χ2n) is 13.6. The number of carbonyl (C=O) groups is 4. The number of nitrogens with zero attached hydrogens (tertiary/aromatic N) is 1. The van der Waals surface area contributed by atoms with Crippen LogP contribution >= 0.6 is 34.0 Å². The van der Waals surface area contributed by atoms with Gasteiger partial charge in [-0.1, -0.05) is 47.8 Å². The van der Waals surface area contributed by atoms with E-state index < -0.39 is 54.6 Å². The number of hydrogen-bond acceptors (Lipinski definition) is 12. The predicted molar refractivity (Wildman–Crippen MR) is 211 cm³/mol. The van der Waals surface area contributed by atoms with Gasteiger partial charge in [0.15, 0.2) is 9.84 Å². The molecule has 3 heterocycles. The lowest BCUT2D eigenvalue weighted by atomic mass is 9.95. The Balaban J connectivity index is 1.12. The van der Waals surface area contributed by atoms with Crippen molar-refractivity contribution in [3.63, 3.8) is 0 Å². The SMILES string of the molecule is CS(=O)(=O)c1cccc(CC(NC(=O)c2c(Cl)cc3c(c2Cl)CCN(C(=O)c2ccc4ccoc4c2)C3)C(=O)OCOC(=O)CCCC[C@@H]2CCSS2(=O)=O)c1. The highest BCUT2D eigenvalue weighted by molar-refractivity contribution is 8.72. The Hall–Kier alpha value is -4.09. The van der Waals surface area contributed by atoms with Gasteiger partial charge < -0.3 is 24.1 Å². The number of amides is 2. The van der Waals surface area contributed by atoms with E-state index in [1.807, 2.05) is 0 Å². The van der Waals surface area contributed by atoms with Crippen molar-refractivity contribution in [3.05, 3.63) is 98.7 Å². The summed E-state index contributed by atoms with van der Waals surface area (Å²) in [5, 5.41) is 3.08. The molecule has 18 heteroatoms. The van der Waals surface area contributed by atoms with Crippen LogP contribution < -0.4 is 5.32 Å². The number of carbonyl (C=O) groups excluding carboxylic acids is 4. The molecule has 1 aromatic heterocycles. The van der Waals surface area contributed by atoms with Crippen molar-refractivity contribution < 1.29 is 49.9 Å². The second-order valence-corrected chi connectivity index (χ2v) is 20.8. The molecular formula is C38H38Cl2N2O11S3. The summed E-state index contributed by atoms with van der Waals surface area (Å²) in [6.45, 7) is -0.278. The van der Waals surface area contributed by atoms with Gasteiger partial charge in [-0.05, 0) is 89.6 Å². The van der Waals surface area contributed by atoms with Gasteiger partial charge in [0.2, 0.25) is 15.7 Å². The minimum atomic E-state index is -3.60. The van der Waals surface area contributed by atoms with E-state index in [-0.39, 0.29) is 45.8 Å². The van der Waals surface area contributed by atoms with Crippen LogP contribution in [0, 0.1) is 0 Å². The first-order valence-corrected chi connectivity index (χ1v) is 23.4. The van der Waals surface area contributed by atoms with E-state index in [0.29, 0.717) is 72.2 Å². The Morgan fingerprint density at radius 2 is 1.86 bits per heavy atom. The zero-order chi connectivity index (χ0) is 40.2. The van der Waals surface area contributed by atoms with Crippen LogP contribution in [0.5, 0.6) is 0 Å². The van der Waals surface area contributed by atoms with Gasteiger partial charge in [0.1, 0.15) is 11.6 Å². The fourth-order valence-electron chi connectivity index (χ4n) is 6.66. The third kappa shape index (κ3) is 9.88. The minimum absolute atomic E-state index is 0.00137. The molecule has 6 rings (SSSR count). The summed E-state index contributed by atoms with van der Waals surface area (Å²) in [6.07, 6.45) is 4.61. The average Bonchev–Trinajstić information content (AvgIpc) is 3.76. The molecule has 4 aromatic rings. The molecule has 1 saturated heterocycles. The van der Waals surface area contributed by atoms with Gasteiger partial charge in [-0.3, -0.25) is 14.4 Å². The number of ether oxygens (including phenoxy) is 2. The number of benzene rings is 3. The topological polar surface area (TPSA) is 183 Å². The number of rotatable bonds is 14. The van der Waals surface area contributed by atoms with E-state index in [0.717, 1.165) is 22.4 Å². The van der Waals surface area contributed by atoms with Gasteiger partial charge in [-0.2, -0.15) is 0 Å². The molecule has 1 unspecified atom stereocenters. The number of fused-ring (bicyclic) bond motifs is 2. The first-order chi connectivity index (χ1) is 26.6. The van der Waals surface area contributed by atoms with Gasteiger partial charge in [-0.25, -0.2) is 21.6 Å². The predicted octanol–water partition coefficient (Wildman–Crippen LogP) is 6.12.